The zero-order valence-electron chi connectivity index (χ0n) is 12.7. The number of aromatic hydroxyl groups is 1. The molecule has 0 saturated carbocycles. The Labute approximate surface area is 142 Å². The van der Waals surface area contributed by atoms with Gasteiger partial charge in [-0.15, -0.1) is 11.3 Å². The van der Waals surface area contributed by atoms with Crippen molar-refractivity contribution in [1.82, 2.24) is 4.98 Å². The highest BCUT2D eigenvalue weighted by molar-refractivity contribution is 7.22. The number of phenolic OH excluding ortho intramolecular Hbond substituents is 1. The molecule has 0 fully saturated rings. The first-order valence-electron chi connectivity index (χ1n) is 7.80. The predicted octanol–water partition coefficient (Wildman–Crippen LogP) is 5.98. The highest BCUT2D eigenvalue weighted by Gasteiger charge is 2.12. The Hall–Kier alpha value is -2.91. The van der Waals surface area contributed by atoms with Crippen LogP contribution in [0.25, 0.3) is 42.3 Å². The monoisotopic (exact) mass is 327 g/mol. The van der Waals surface area contributed by atoms with Gasteiger partial charge in [0, 0.05) is 5.39 Å². The second-order valence-corrected chi connectivity index (χ2v) is 6.87. The number of aromatic nitrogens is 1. The number of benzene rings is 4. The summed E-state index contributed by atoms with van der Waals surface area (Å²) in [5.74, 6) is 0.270. The Kier molecular flexibility index (Phi) is 2.84. The average Bonchev–Trinajstić information content (AvgIpc) is 3.05. The largest absolute Gasteiger partial charge is 0.507 e. The summed E-state index contributed by atoms with van der Waals surface area (Å²) in [6.45, 7) is 0. The Morgan fingerprint density at radius 1 is 0.750 bits per heavy atom. The lowest BCUT2D eigenvalue weighted by atomic mass is 10.0. The summed E-state index contributed by atoms with van der Waals surface area (Å²) in [6.07, 6.45) is 0. The molecule has 1 heterocycles. The number of rotatable bonds is 1. The first kappa shape index (κ1) is 13.5. The van der Waals surface area contributed by atoms with Gasteiger partial charge in [0.2, 0.25) is 0 Å². The van der Waals surface area contributed by atoms with Gasteiger partial charge in [-0.05, 0) is 46.5 Å². The first-order valence-corrected chi connectivity index (χ1v) is 8.62. The highest BCUT2D eigenvalue weighted by Crippen LogP contribution is 2.38. The van der Waals surface area contributed by atoms with Crippen molar-refractivity contribution in [2.75, 3.05) is 0 Å². The first-order chi connectivity index (χ1) is 11.8. The van der Waals surface area contributed by atoms with Crippen molar-refractivity contribution >= 4 is 43.1 Å². The van der Waals surface area contributed by atoms with Gasteiger partial charge in [-0.2, -0.15) is 0 Å². The molecule has 0 spiro atoms. The van der Waals surface area contributed by atoms with Gasteiger partial charge in [0.15, 0.2) is 0 Å². The maximum absolute atomic E-state index is 10.1. The third-order valence-corrected chi connectivity index (χ3v) is 5.51. The van der Waals surface area contributed by atoms with Gasteiger partial charge in [-0.3, -0.25) is 0 Å². The second-order valence-electron chi connectivity index (χ2n) is 5.87. The number of nitrogens with zero attached hydrogens (tertiary/aromatic N) is 1. The van der Waals surface area contributed by atoms with Crippen LogP contribution >= 0.6 is 11.3 Å². The Morgan fingerprint density at radius 2 is 1.50 bits per heavy atom. The molecule has 5 rings (SSSR count). The predicted molar refractivity (Wildman–Crippen MR) is 102 cm³/mol. The zero-order chi connectivity index (χ0) is 16.1. The minimum atomic E-state index is 0.270. The van der Waals surface area contributed by atoms with E-state index in [-0.39, 0.29) is 5.75 Å². The molecule has 0 atom stereocenters. The molecule has 2 nitrogen and oxygen atoms in total. The van der Waals surface area contributed by atoms with Gasteiger partial charge in [0.25, 0.3) is 0 Å². The minimum absolute atomic E-state index is 0.270. The quantitative estimate of drug-likeness (QED) is 0.384. The summed E-state index contributed by atoms with van der Waals surface area (Å²) in [5.41, 5.74) is 1.76. The molecule has 0 aliphatic heterocycles. The number of hydrogen-bond donors (Lipinski definition) is 1. The van der Waals surface area contributed by atoms with Crippen LogP contribution in [0.4, 0.5) is 0 Å². The van der Waals surface area contributed by atoms with E-state index >= 15 is 0 Å². The van der Waals surface area contributed by atoms with Crippen LogP contribution in [-0.4, -0.2) is 10.1 Å². The summed E-state index contributed by atoms with van der Waals surface area (Å²) in [7, 11) is 0. The number of para-hydroxylation sites is 1. The molecule has 0 radical (unpaired) electrons. The third-order valence-electron chi connectivity index (χ3n) is 4.37. The fourth-order valence-corrected chi connectivity index (χ4v) is 4.29. The van der Waals surface area contributed by atoms with E-state index in [0.717, 1.165) is 20.8 Å². The Morgan fingerprint density at radius 3 is 2.33 bits per heavy atom. The van der Waals surface area contributed by atoms with Crippen LogP contribution in [0.15, 0.2) is 72.8 Å². The molecular weight excluding hydrogens is 314 g/mol. The number of fused-ring (bicyclic) bond motifs is 4. The summed E-state index contributed by atoms with van der Waals surface area (Å²) in [6, 6.07) is 24.4. The SMILES string of the molecule is Oc1ccccc1-c1nc2ccc3cc4ccccc4cc3c2s1. The van der Waals surface area contributed by atoms with E-state index in [9.17, 15) is 5.11 Å². The van der Waals surface area contributed by atoms with Crippen LogP contribution in [-0.2, 0) is 0 Å². The molecule has 0 aliphatic rings. The Balaban J connectivity index is 1.84. The molecule has 114 valence electrons. The molecule has 5 aromatic rings. The standard InChI is InChI=1S/C21H13NOS/c23-19-8-4-3-7-16(19)21-22-18-10-9-15-11-13-5-1-2-6-14(13)12-17(15)20(18)24-21/h1-12,23H. The lowest BCUT2D eigenvalue weighted by Crippen LogP contribution is -1.77. The van der Waals surface area contributed by atoms with E-state index in [1.54, 1.807) is 17.4 Å². The third kappa shape index (κ3) is 1.99. The zero-order valence-corrected chi connectivity index (χ0v) is 13.5. The number of hydrogen-bond acceptors (Lipinski definition) is 3. The number of phenols is 1. The summed E-state index contributed by atoms with van der Waals surface area (Å²) < 4.78 is 1.16. The van der Waals surface area contributed by atoms with Crippen molar-refractivity contribution < 1.29 is 5.11 Å². The smallest absolute Gasteiger partial charge is 0.128 e. The lowest BCUT2D eigenvalue weighted by molar-refractivity contribution is 0.477. The normalized spacial score (nSPS) is 11.5. The van der Waals surface area contributed by atoms with Gasteiger partial charge in [0.1, 0.15) is 10.8 Å². The molecule has 3 heteroatoms. The van der Waals surface area contributed by atoms with Gasteiger partial charge in [0.05, 0.1) is 15.8 Å². The van der Waals surface area contributed by atoms with Crippen molar-refractivity contribution in [3.8, 4) is 16.3 Å². The van der Waals surface area contributed by atoms with Crippen LogP contribution in [0.3, 0.4) is 0 Å². The topological polar surface area (TPSA) is 33.1 Å². The number of thiazole rings is 1. The molecule has 0 aliphatic carbocycles. The van der Waals surface area contributed by atoms with E-state index < -0.39 is 0 Å². The van der Waals surface area contributed by atoms with Crippen molar-refractivity contribution in [2.45, 2.75) is 0 Å². The van der Waals surface area contributed by atoms with Crippen molar-refractivity contribution in [3.63, 3.8) is 0 Å². The molecule has 24 heavy (non-hydrogen) atoms. The maximum Gasteiger partial charge on any atom is 0.128 e. The van der Waals surface area contributed by atoms with E-state index in [4.69, 9.17) is 4.98 Å². The fraction of sp³-hybridized carbons (Fsp3) is 0. The van der Waals surface area contributed by atoms with Crippen LogP contribution < -0.4 is 0 Å². The molecule has 1 aromatic heterocycles. The molecule has 1 N–H and O–H groups in total. The average molecular weight is 327 g/mol. The van der Waals surface area contributed by atoms with Crippen LogP contribution in [0.1, 0.15) is 0 Å². The van der Waals surface area contributed by atoms with Crippen molar-refractivity contribution in [3.05, 3.63) is 72.8 Å². The van der Waals surface area contributed by atoms with Crippen LogP contribution in [0.2, 0.25) is 0 Å². The lowest BCUT2D eigenvalue weighted by Gasteiger charge is -2.02. The molecule has 0 saturated heterocycles. The summed E-state index contributed by atoms with van der Waals surface area (Å²) >= 11 is 1.63. The summed E-state index contributed by atoms with van der Waals surface area (Å²) in [4.78, 5) is 4.73. The van der Waals surface area contributed by atoms with Gasteiger partial charge in [-0.25, -0.2) is 4.98 Å². The second kappa shape index (κ2) is 5.05. The maximum atomic E-state index is 10.1. The molecule has 0 amide bonds. The molecule has 4 aromatic carbocycles. The van der Waals surface area contributed by atoms with Crippen LogP contribution in [0.5, 0.6) is 5.75 Å². The van der Waals surface area contributed by atoms with E-state index in [1.165, 1.54) is 21.5 Å². The van der Waals surface area contributed by atoms with E-state index in [1.807, 2.05) is 18.2 Å². The van der Waals surface area contributed by atoms with Gasteiger partial charge in [-0.1, -0.05) is 42.5 Å². The highest BCUT2D eigenvalue weighted by atomic mass is 32.1. The molecular formula is C21H13NOS. The van der Waals surface area contributed by atoms with Crippen LogP contribution in [0, 0.1) is 0 Å². The fourth-order valence-electron chi connectivity index (χ4n) is 3.17. The van der Waals surface area contributed by atoms with E-state index in [0.29, 0.717) is 0 Å². The molecule has 0 unspecified atom stereocenters. The Bertz CT molecular complexity index is 1220. The summed E-state index contributed by atoms with van der Waals surface area (Å²) in [5, 5.41) is 15.9. The van der Waals surface area contributed by atoms with Crippen molar-refractivity contribution in [2.24, 2.45) is 0 Å². The van der Waals surface area contributed by atoms with Gasteiger partial charge >= 0.3 is 0 Å². The minimum Gasteiger partial charge on any atom is -0.507 e. The van der Waals surface area contributed by atoms with E-state index in [2.05, 4.69) is 48.5 Å². The van der Waals surface area contributed by atoms with Gasteiger partial charge < -0.3 is 5.11 Å². The molecule has 0 bridgehead atoms. The van der Waals surface area contributed by atoms with Crippen molar-refractivity contribution in [1.29, 1.82) is 0 Å².